The van der Waals surface area contributed by atoms with E-state index in [9.17, 15) is 24.3 Å². The number of H-pyrrole nitrogens is 2. The third-order valence-electron chi connectivity index (χ3n) is 11.4. The number of hydrogen-bond donors (Lipinski definition) is 5. The summed E-state index contributed by atoms with van der Waals surface area (Å²) in [5, 5.41) is 16.3. The molecule has 4 amide bonds. The Labute approximate surface area is 335 Å². The highest BCUT2D eigenvalue weighted by molar-refractivity contribution is 6.02. The van der Waals surface area contributed by atoms with Crippen LogP contribution in [0.1, 0.15) is 74.1 Å². The number of aromatic amines is 2. The number of hydrogen-bond acceptors (Lipinski definition) is 9. The number of aromatic nitrogens is 4. The fourth-order valence-corrected chi connectivity index (χ4v) is 8.40. The number of rotatable bonds is 9. The molecule has 15 nitrogen and oxygen atoms in total. The number of likely N-dealkylation sites (tertiary alicyclic amines) is 1. The largest absolute Gasteiger partial charge is 0.453 e. The van der Waals surface area contributed by atoms with Crippen molar-refractivity contribution in [3.63, 3.8) is 0 Å². The van der Waals surface area contributed by atoms with Crippen LogP contribution in [0.15, 0.2) is 79.1 Å². The van der Waals surface area contributed by atoms with Gasteiger partial charge < -0.3 is 40.1 Å². The van der Waals surface area contributed by atoms with Crippen LogP contribution < -0.4 is 15.5 Å². The zero-order valence-corrected chi connectivity index (χ0v) is 32.7. The minimum Gasteiger partial charge on any atom is -0.453 e. The summed E-state index contributed by atoms with van der Waals surface area (Å²) in [4.78, 5) is 71.3. The molecule has 0 spiro atoms. The van der Waals surface area contributed by atoms with Crippen molar-refractivity contribution < 1.29 is 33.8 Å². The Bertz CT molecular complexity index is 2340. The first-order valence-corrected chi connectivity index (χ1v) is 19.5. The van der Waals surface area contributed by atoms with Gasteiger partial charge in [0.15, 0.2) is 0 Å². The average Bonchev–Trinajstić information content (AvgIpc) is 4.07. The number of imidazole rings is 2. The summed E-state index contributed by atoms with van der Waals surface area (Å²) in [6, 6.07) is 19.6. The van der Waals surface area contributed by atoms with Crippen LogP contribution in [0.3, 0.4) is 0 Å². The minimum absolute atomic E-state index is 0.0255. The van der Waals surface area contributed by atoms with Crippen molar-refractivity contribution >= 4 is 29.7 Å². The summed E-state index contributed by atoms with van der Waals surface area (Å²) in [6.45, 7) is 4.37. The Morgan fingerprint density at radius 1 is 0.828 bits per heavy atom. The van der Waals surface area contributed by atoms with Gasteiger partial charge in [-0.05, 0) is 46.6 Å². The fourth-order valence-electron chi connectivity index (χ4n) is 8.40. The van der Waals surface area contributed by atoms with Gasteiger partial charge in [-0.3, -0.25) is 14.5 Å². The van der Waals surface area contributed by atoms with E-state index in [1.165, 1.54) is 14.2 Å². The lowest BCUT2D eigenvalue weighted by atomic mass is 9.99. The van der Waals surface area contributed by atoms with E-state index in [-0.39, 0.29) is 30.2 Å². The van der Waals surface area contributed by atoms with Crippen molar-refractivity contribution in [1.82, 2.24) is 35.5 Å². The number of amides is 4. The van der Waals surface area contributed by atoms with Gasteiger partial charge in [-0.1, -0.05) is 80.6 Å². The maximum atomic E-state index is 13.9. The van der Waals surface area contributed by atoms with Gasteiger partial charge in [0.1, 0.15) is 23.7 Å². The molecule has 2 aromatic heterocycles. The molecular formula is C43H46N8O7. The van der Waals surface area contributed by atoms with Gasteiger partial charge in [0.05, 0.1) is 61.9 Å². The van der Waals surface area contributed by atoms with E-state index >= 15 is 0 Å². The Kier molecular flexibility index (Phi) is 10.5. The molecule has 15 heteroatoms. The van der Waals surface area contributed by atoms with Gasteiger partial charge in [0.25, 0.3) is 5.91 Å². The van der Waals surface area contributed by atoms with Gasteiger partial charge in [-0.2, -0.15) is 0 Å². The van der Waals surface area contributed by atoms with Gasteiger partial charge in [0.2, 0.25) is 5.91 Å². The second kappa shape index (κ2) is 15.8. The van der Waals surface area contributed by atoms with Crippen LogP contribution >= 0.6 is 0 Å². The van der Waals surface area contributed by atoms with Gasteiger partial charge in [-0.25, -0.2) is 19.6 Å². The number of nitrogens with one attached hydrogen (secondary N) is 4. The molecule has 0 unspecified atom stereocenters. The molecule has 0 bridgehead atoms. The number of ether oxygens (including phenoxy) is 2. The molecule has 0 aliphatic carbocycles. The summed E-state index contributed by atoms with van der Waals surface area (Å²) in [5.41, 5.74) is 7.79. The van der Waals surface area contributed by atoms with Crippen molar-refractivity contribution in [2.24, 2.45) is 5.92 Å². The normalized spacial score (nSPS) is 20.4. The number of carbonyl (C=O) groups is 4. The zero-order valence-electron chi connectivity index (χ0n) is 32.7. The van der Waals surface area contributed by atoms with E-state index in [2.05, 4.69) is 37.7 Å². The maximum absolute atomic E-state index is 13.9. The monoisotopic (exact) mass is 786 g/mol. The number of aliphatic hydroxyl groups is 1. The molecule has 3 aliphatic rings. The standard InChI is InChI=1S/C43H46N8O7/c1-23(2)36(49-43(56)58-4)41(54)50-18-6-9-33(50)38-44-21-31(46-38)26-14-10-24(11-15-26)25-12-16-27(17-13-25)32-22-45-39(47-32)34-19-28-7-5-8-29-35(52)20-30(48-42(55)57-3)40(53)51(34)37(28)29/h5,7-8,10-17,21-23,30,33-36,52H,6,9,18-20H2,1-4H3,(H,44,46)(H,45,47)(H,48,55)(H,49,56)/t30-,33-,34-,35-,36-/m0/s1. The molecule has 3 aliphatic heterocycles. The molecule has 5 heterocycles. The van der Waals surface area contributed by atoms with Gasteiger partial charge in [0, 0.05) is 24.9 Å². The lowest BCUT2D eigenvalue weighted by Gasteiger charge is -2.30. The second-order valence-corrected chi connectivity index (χ2v) is 15.3. The van der Waals surface area contributed by atoms with E-state index in [1.54, 1.807) is 22.2 Å². The van der Waals surface area contributed by atoms with Crippen LogP contribution in [0.5, 0.6) is 0 Å². The van der Waals surface area contributed by atoms with Crippen LogP contribution in [0, 0.1) is 5.92 Å². The molecule has 0 radical (unpaired) electrons. The molecule has 1 saturated heterocycles. The molecule has 1 fully saturated rings. The van der Waals surface area contributed by atoms with E-state index < -0.39 is 36.4 Å². The van der Waals surface area contributed by atoms with E-state index in [0.717, 1.165) is 52.0 Å². The number of nitrogens with zero attached hydrogens (tertiary/aromatic N) is 4. The Morgan fingerprint density at radius 2 is 1.41 bits per heavy atom. The van der Waals surface area contributed by atoms with Crippen LogP contribution in [-0.4, -0.2) is 86.8 Å². The molecule has 5 aromatic rings. The number of methoxy groups -OCH3 is 2. The Morgan fingerprint density at radius 3 is 2.00 bits per heavy atom. The minimum atomic E-state index is -0.974. The summed E-state index contributed by atoms with van der Waals surface area (Å²) >= 11 is 0. The molecule has 5 N–H and O–H groups in total. The first kappa shape index (κ1) is 38.4. The van der Waals surface area contributed by atoms with Crippen LogP contribution in [0.2, 0.25) is 0 Å². The van der Waals surface area contributed by atoms with Crippen molar-refractivity contribution in [3.05, 3.63) is 102 Å². The third kappa shape index (κ3) is 7.17. The summed E-state index contributed by atoms with van der Waals surface area (Å²) < 4.78 is 9.52. The Hall–Kier alpha value is -6.48. The molecule has 300 valence electrons. The van der Waals surface area contributed by atoms with E-state index in [0.29, 0.717) is 35.9 Å². The maximum Gasteiger partial charge on any atom is 0.407 e. The number of anilines is 1. The Balaban J connectivity index is 0.957. The third-order valence-corrected chi connectivity index (χ3v) is 11.4. The predicted molar refractivity (Wildman–Crippen MR) is 214 cm³/mol. The highest BCUT2D eigenvalue weighted by Gasteiger charge is 2.45. The smallest absolute Gasteiger partial charge is 0.407 e. The van der Waals surface area contributed by atoms with E-state index in [4.69, 9.17) is 14.5 Å². The average molecular weight is 787 g/mol. The van der Waals surface area contributed by atoms with Crippen LogP contribution in [0.25, 0.3) is 33.6 Å². The lowest BCUT2D eigenvalue weighted by Crippen LogP contribution is -2.51. The SMILES string of the molecule is COC(=O)N[C@H]1C[C@H](O)c2cccc3c2N(C1=O)[C@H](c1ncc(-c2ccc(-c4ccc(-c5cnc([C@@H]6CCCN6C(=O)[C@@H](NC(=O)OC)C(C)C)[nH]5)cc4)cc2)[nH]1)C3. The molecular weight excluding hydrogens is 741 g/mol. The summed E-state index contributed by atoms with van der Waals surface area (Å²) in [7, 11) is 2.52. The number of benzene rings is 3. The fraction of sp³-hybridized carbons (Fsp3) is 0.349. The molecule has 8 rings (SSSR count). The molecule has 5 atom stereocenters. The quantitative estimate of drug-likeness (QED) is 0.120. The topological polar surface area (TPSA) is 195 Å². The lowest BCUT2D eigenvalue weighted by molar-refractivity contribution is -0.135. The number of para-hydroxylation sites is 1. The van der Waals surface area contributed by atoms with Crippen molar-refractivity contribution in [1.29, 1.82) is 0 Å². The van der Waals surface area contributed by atoms with Crippen molar-refractivity contribution in [3.8, 4) is 33.6 Å². The molecule has 0 saturated carbocycles. The molecule has 58 heavy (non-hydrogen) atoms. The van der Waals surface area contributed by atoms with Crippen molar-refractivity contribution in [2.75, 3.05) is 25.7 Å². The van der Waals surface area contributed by atoms with E-state index in [1.807, 2.05) is 68.4 Å². The van der Waals surface area contributed by atoms with Gasteiger partial charge >= 0.3 is 12.2 Å². The number of carbonyl (C=O) groups excluding carboxylic acids is 4. The first-order chi connectivity index (χ1) is 28.0. The highest BCUT2D eigenvalue weighted by atomic mass is 16.5. The summed E-state index contributed by atoms with van der Waals surface area (Å²) in [5.74, 6) is 0.710. The number of alkyl carbamates (subject to hydrolysis) is 2. The van der Waals surface area contributed by atoms with Gasteiger partial charge in [-0.15, -0.1) is 0 Å². The van der Waals surface area contributed by atoms with Crippen LogP contribution in [-0.2, 0) is 25.5 Å². The van der Waals surface area contributed by atoms with Crippen LogP contribution in [0.4, 0.5) is 15.3 Å². The summed E-state index contributed by atoms with van der Waals surface area (Å²) in [6.07, 6.45) is 3.36. The highest BCUT2D eigenvalue weighted by Crippen LogP contribution is 2.47. The van der Waals surface area contributed by atoms with Crippen molar-refractivity contribution in [2.45, 2.75) is 69.8 Å². The second-order valence-electron chi connectivity index (χ2n) is 15.3. The molecule has 3 aromatic carbocycles. The first-order valence-electron chi connectivity index (χ1n) is 19.5. The number of aliphatic hydroxyl groups excluding tert-OH is 1. The zero-order chi connectivity index (χ0) is 40.7. The predicted octanol–water partition coefficient (Wildman–Crippen LogP) is 5.97.